The standard InChI is InChI=1S/C12H19BrN4O/c1-14-8-3-5-9(6-4-8)16-10-7-15-17(2)12(18)11(10)13/h7-9,14,16H,3-6H2,1-2H3. The second-order valence-corrected chi connectivity index (χ2v) is 5.58. The van der Waals surface area contributed by atoms with Crippen molar-refractivity contribution in [3.8, 4) is 0 Å². The first-order valence-electron chi connectivity index (χ1n) is 6.27. The van der Waals surface area contributed by atoms with Crippen LogP contribution < -0.4 is 16.2 Å². The molecule has 0 saturated heterocycles. The maximum absolute atomic E-state index is 11.7. The quantitative estimate of drug-likeness (QED) is 0.887. The average Bonchev–Trinajstić information content (AvgIpc) is 2.40. The minimum Gasteiger partial charge on any atom is -0.380 e. The molecule has 0 spiro atoms. The fourth-order valence-electron chi connectivity index (χ4n) is 2.36. The summed E-state index contributed by atoms with van der Waals surface area (Å²) in [6.07, 6.45) is 6.28. The highest BCUT2D eigenvalue weighted by atomic mass is 79.9. The van der Waals surface area contributed by atoms with E-state index in [1.54, 1.807) is 13.2 Å². The molecule has 0 aliphatic heterocycles. The molecule has 1 aliphatic carbocycles. The van der Waals surface area contributed by atoms with E-state index < -0.39 is 0 Å². The van der Waals surface area contributed by atoms with E-state index in [1.165, 1.54) is 17.5 Å². The van der Waals surface area contributed by atoms with E-state index in [4.69, 9.17) is 0 Å². The van der Waals surface area contributed by atoms with Crippen LogP contribution in [0.4, 0.5) is 5.69 Å². The summed E-state index contributed by atoms with van der Waals surface area (Å²) in [5.41, 5.74) is 0.690. The third-order valence-electron chi connectivity index (χ3n) is 3.57. The van der Waals surface area contributed by atoms with Gasteiger partial charge in [-0.1, -0.05) is 0 Å². The van der Waals surface area contributed by atoms with Crippen molar-refractivity contribution in [3.63, 3.8) is 0 Å². The Morgan fingerprint density at radius 1 is 1.33 bits per heavy atom. The van der Waals surface area contributed by atoms with Gasteiger partial charge in [-0.15, -0.1) is 0 Å². The maximum atomic E-state index is 11.7. The Hall–Kier alpha value is -0.880. The van der Waals surface area contributed by atoms with E-state index in [2.05, 4.69) is 31.7 Å². The summed E-state index contributed by atoms with van der Waals surface area (Å²) in [5.74, 6) is 0. The predicted molar refractivity (Wildman–Crippen MR) is 75.9 cm³/mol. The monoisotopic (exact) mass is 314 g/mol. The minimum atomic E-state index is -0.107. The molecule has 1 heterocycles. The average molecular weight is 315 g/mol. The molecule has 18 heavy (non-hydrogen) atoms. The molecule has 0 aromatic carbocycles. The zero-order chi connectivity index (χ0) is 13.1. The van der Waals surface area contributed by atoms with E-state index in [-0.39, 0.29) is 5.56 Å². The van der Waals surface area contributed by atoms with Gasteiger partial charge in [-0.05, 0) is 48.7 Å². The predicted octanol–water partition coefficient (Wildman–Crippen LogP) is 1.49. The van der Waals surface area contributed by atoms with E-state index in [0.29, 0.717) is 16.6 Å². The molecular weight excluding hydrogens is 296 g/mol. The van der Waals surface area contributed by atoms with Gasteiger partial charge in [-0.2, -0.15) is 5.10 Å². The zero-order valence-electron chi connectivity index (χ0n) is 10.7. The molecule has 1 fully saturated rings. The number of nitrogens with one attached hydrogen (secondary N) is 2. The van der Waals surface area contributed by atoms with Crippen LogP contribution in [-0.4, -0.2) is 28.9 Å². The van der Waals surface area contributed by atoms with Crippen LogP contribution in [0.2, 0.25) is 0 Å². The van der Waals surface area contributed by atoms with Gasteiger partial charge in [0, 0.05) is 19.1 Å². The number of aryl methyl sites for hydroxylation is 1. The maximum Gasteiger partial charge on any atom is 0.282 e. The van der Waals surface area contributed by atoms with Crippen LogP contribution in [0.1, 0.15) is 25.7 Å². The molecule has 1 aliphatic rings. The Bertz CT molecular complexity index is 466. The van der Waals surface area contributed by atoms with Crippen molar-refractivity contribution in [1.82, 2.24) is 15.1 Å². The Labute approximate surface area is 115 Å². The molecule has 1 saturated carbocycles. The number of hydrogen-bond acceptors (Lipinski definition) is 4. The van der Waals surface area contributed by atoms with E-state index in [0.717, 1.165) is 18.5 Å². The second-order valence-electron chi connectivity index (χ2n) is 4.78. The molecule has 0 radical (unpaired) electrons. The molecule has 2 rings (SSSR count). The zero-order valence-corrected chi connectivity index (χ0v) is 12.3. The fraction of sp³-hybridized carbons (Fsp3) is 0.667. The smallest absolute Gasteiger partial charge is 0.282 e. The fourth-order valence-corrected chi connectivity index (χ4v) is 2.83. The van der Waals surface area contributed by atoms with Crippen molar-refractivity contribution in [2.75, 3.05) is 12.4 Å². The molecule has 1 aromatic heterocycles. The van der Waals surface area contributed by atoms with Crippen LogP contribution >= 0.6 is 15.9 Å². The number of nitrogens with zero attached hydrogens (tertiary/aromatic N) is 2. The summed E-state index contributed by atoms with van der Waals surface area (Å²) in [5, 5.41) is 10.8. The molecule has 0 amide bonds. The minimum absolute atomic E-state index is 0.107. The SMILES string of the molecule is CNC1CCC(Nc2cnn(C)c(=O)c2Br)CC1. The molecule has 0 bridgehead atoms. The number of halogens is 1. The molecule has 2 N–H and O–H groups in total. The van der Waals surface area contributed by atoms with Crippen LogP contribution in [0.25, 0.3) is 0 Å². The Balaban J connectivity index is 2.03. The van der Waals surface area contributed by atoms with Crippen molar-refractivity contribution in [2.24, 2.45) is 7.05 Å². The summed E-state index contributed by atoms with van der Waals surface area (Å²) >= 11 is 3.34. The normalized spacial score (nSPS) is 23.9. The first kappa shape index (κ1) is 13.5. The summed E-state index contributed by atoms with van der Waals surface area (Å²) in [7, 11) is 3.66. The molecule has 6 heteroatoms. The first-order valence-corrected chi connectivity index (χ1v) is 7.06. The number of anilines is 1. The van der Waals surface area contributed by atoms with Gasteiger partial charge in [0.25, 0.3) is 5.56 Å². The highest BCUT2D eigenvalue weighted by Crippen LogP contribution is 2.24. The molecule has 5 nitrogen and oxygen atoms in total. The lowest BCUT2D eigenvalue weighted by atomic mass is 9.91. The highest BCUT2D eigenvalue weighted by molar-refractivity contribution is 9.10. The van der Waals surface area contributed by atoms with Gasteiger partial charge < -0.3 is 10.6 Å². The Morgan fingerprint density at radius 3 is 2.56 bits per heavy atom. The van der Waals surface area contributed by atoms with E-state index >= 15 is 0 Å². The van der Waals surface area contributed by atoms with Gasteiger partial charge in [0.05, 0.1) is 11.9 Å². The number of hydrogen-bond donors (Lipinski definition) is 2. The lowest BCUT2D eigenvalue weighted by Gasteiger charge is -2.29. The number of aromatic nitrogens is 2. The topological polar surface area (TPSA) is 59.0 Å². The third-order valence-corrected chi connectivity index (χ3v) is 4.34. The molecule has 0 unspecified atom stereocenters. The Morgan fingerprint density at radius 2 is 1.94 bits per heavy atom. The van der Waals surface area contributed by atoms with Crippen molar-refractivity contribution in [1.29, 1.82) is 0 Å². The van der Waals surface area contributed by atoms with Crippen LogP contribution in [0, 0.1) is 0 Å². The summed E-state index contributed by atoms with van der Waals surface area (Å²) in [4.78, 5) is 11.7. The third kappa shape index (κ3) is 2.92. The van der Waals surface area contributed by atoms with Gasteiger partial charge in [0.2, 0.25) is 0 Å². The van der Waals surface area contributed by atoms with Crippen LogP contribution in [-0.2, 0) is 7.05 Å². The second kappa shape index (κ2) is 5.84. The summed E-state index contributed by atoms with van der Waals surface area (Å²) in [6, 6.07) is 1.06. The first-order chi connectivity index (χ1) is 8.61. The van der Waals surface area contributed by atoms with E-state index in [1.807, 2.05) is 7.05 Å². The van der Waals surface area contributed by atoms with E-state index in [9.17, 15) is 4.79 Å². The van der Waals surface area contributed by atoms with Gasteiger partial charge in [0.15, 0.2) is 0 Å². The van der Waals surface area contributed by atoms with Gasteiger partial charge in [-0.25, -0.2) is 4.68 Å². The van der Waals surface area contributed by atoms with Gasteiger partial charge in [-0.3, -0.25) is 4.79 Å². The van der Waals surface area contributed by atoms with Crippen molar-refractivity contribution in [2.45, 2.75) is 37.8 Å². The lowest BCUT2D eigenvalue weighted by Crippen LogP contribution is -2.35. The largest absolute Gasteiger partial charge is 0.380 e. The summed E-state index contributed by atoms with van der Waals surface area (Å²) < 4.78 is 1.89. The van der Waals surface area contributed by atoms with Crippen LogP contribution in [0.15, 0.2) is 15.5 Å². The Kier molecular flexibility index (Phi) is 4.40. The molecular formula is C12H19BrN4O. The molecule has 1 aromatic rings. The molecule has 100 valence electrons. The molecule has 0 atom stereocenters. The number of rotatable bonds is 3. The van der Waals surface area contributed by atoms with Crippen molar-refractivity contribution in [3.05, 3.63) is 21.0 Å². The van der Waals surface area contributed by atoms with Crippen LogP contribution in [0.3, 0.4) is 0 Å². The van der Waals surface area contributed by atoms with Crippen molar-refractivity contribution < 1.29 is 0 Å². The lowest BCUT2D eigenvalue weighted by molar-refractivity contribution is 0.371. The van der Waals surface area contributed by atoms with Gasteiger partial charge in [0.1, 0.15) is 4.47 Å². The highest BCUT2D eigenvalue weighted by Gasteiger charge is 2.20. The summed E-state index contributed by atoms with van der Waals surface area (Å²) in [6.45, 7) is 0. The van der Waals surface area contributed by atoms with Gasteiger partial charge >= 0.3 is 0 Å². The van der Waals surface area contributed by atoms with Crippen LogP contribution in [0.5, 0.6) is 0 Å². The van der Waals surface area contributed by atoms with Crippen molar-refractivity contribution >= 4 is 21.6 Å².